The number of nitrogens with zero attached hydrogens (tertiary/aromatic N) is 7. The number of hydrogen-bond acceptors (Lipinski definition) is 5. The van der Waals surface area contributed by atoms with Gasteiger partial charge >= 0.3 is 12.4 Å². The molecule has 0 atom stereocenters. The van der Waals surface area contributed by atoms with Crippen LogP contribution in [0.2, 0.25) is 0 Å². The lowest BCUT2D eigenvalue weighted by Gasteiger charge is -2.22. The molecule has 74 heavy (non-hydrogen) atoms. The van der Waals surface area contributed by atoms with Crippen molar-refractivity contribution in [1.82, 2.24) is 9.13 Å². The second-order valence-corrected chi connectivity index (χ2v) is 17.5. The molecular weight excluding hydrogens is 945 g/mol. The van der Waals surface area contributed by atoms with E-state index in [0.717, 1.165) is 27.6 Å². The molecule has 0 aliphatic rings. The Morgan fingerprint density at radius 1 is 0.338 bits per heavy atom. The molecule has 2 aromatic heterocycles. The van der Waals surface area contributed by atoms with E-state index in [-0.39, 0.29) is 22.8 Å². The average Bonchev–Trinajstić information content (AvgIpc) is 3.95. The van der Waals surface area contributed by atoms with Crippen LogP contribution in [-0.4, -0.2) is 9.13 Å². The van der Waals surface area contributed by atoms with Crippen LogP contribution >= 0.6 is 0 Å². The van der Waals surface area contributed by atoms with E-state index in [1.54, 1.807) is 48.5 Å². The standard InChI is InChI=1S/C61H29F6N7/c62-60(63,64)45-15-16-46(52(29-45)61(65,66)67)41-14-19-57(73-53-9-3-1-7-47(53)49-26-39(12-17-55(49)73)43-22-35(30-68)20-36(23-43)31-69)51(28-41)59-42(34-72)6-5-11-58(59)74-54-10-4-2-8-48(54)50-27-40(13-18-56(50)74)44-24-37(32-70)21-38(25-44)33-71/h1-29H. The minimum Gasteiger partial charge on any atom is -0.309 e. The number of alkyl halides is 6. The molecular formula is C61H29F6N7. The van der Waals surface area contributed by atoms with Crippen LogP contribution in [0.3, 0.4) is 0 Å². The SMILES string of the molecule is N#Cc1cc(C#N)cc(-c2ccc3c(c2)c2ccccc2n3-c2ccc(-c3ccc(C(F)(F)F)cc3C(F)(F)F)cc2-c2c(C#N)cccc2-n2c3ccccc3c3cc(-c4cc(C#N)cc(C#N)c4)ccc32)c1. The molecule has 0 radical (unpaired) electrons. The van der Waals surface area contributed by atoms with Gasteiger partial charge in [-0.15, -0.1) is 0 Å². The minimum atomic E-state index is -5.20. The highest BCUT2D eigenvalue weighted by Crippen LogP contribution is 2.47. The quantitative estimate of drug-likeness (QED) is 0.153. The van der Waals surface area contributed by atoms with E-state index in [1.807, 2.05) is 94.1 Å². The molecule has 2 heterocycles. The van der Waals surface area contributed by atoms with Crippen molar-refractivity contribution < 1.29 is 26.3 Å². The summed E-state index contributed by atoms with van der Waals surface area (Å²) in [5, 5.41) is 53.3. The number of halogens is 6. The predicted molar refractivity (Wildman–Crippen MR) is 270 cm³/mol. The molecule has 7 nitrogen and oxygen atoms in total. The van der Waals surface area contributed by atoms with Crippen LogP contribution in [0.1, 0.15) is 38.9 Å². The minimum absolute atomic E-state index is 0.0691. The molecule has 11 aromatic rings. The highest BCUT2D eigenvalue weighted by atomic mass is 19.4. The maximum Gasteiger partial charge on any atom is 0.417 e. The molecule has 0 bridgehead atoms. The zero-order valence-corrected chi connectivity index (χ0v) is 38.1. The van der Waals surface area contributed by atoms with E-state index in [9.17, 15) is 39.5 Å². The van der Waals surface area contributed by atoms with Gasteiger partial charge in [0, 0.05) is 32.7 Å². The number of fused-ring (bicyclic) bond motifs is 6. The summed E-state index contributed by atoms with van der Waals surface area (Å²) < 4.78 is 91.0. The third-order valence-corrected chi connectivity index (χ3v) is 13.3. The first-order chi connectivity index (χ1) is 35.7. The van der Waals surface area contributed by atoms with Crippen molar-refractivity contribution in [3.05, 3.63) is 215 Å². The number of rotatable bonds is 6. The second kappa shape index (κ2) is 17.5. The molecule has 11 rings (SSSR count). The first-order valence-electron chi connectivity index (χ1n) is 22.7. The summed E-state index contributed by atoms with van der Waals surface area (Å²) in [4.78, 5) is 0. The van der Waals surface area contributed by atoms with Crippen LogP contribution in [0.4, 0.5) is 26.3 Å². The van der Waals surface area contributed by atoms with Gasteiger partial charge in [-0.2, -0.15) is 52.7 Å². The van der Waals surface area contributed by atoms with Crippen molar-refractivity contribution in [3.63, 3.8) is 0 Å². The Labute approximate surface area is 417 Å². The molecule has 0 saturated carbocycles. The number of para-hydroxylation sites is 2. The van der Waals surface area contributed by atoms with Crippen molar-refractivity contribution in [3.8, 4) is 86.2 Å². The van der Waals surface area contributed by atoms with Gasteiger partial charge in [0.25, 0.3) is 0 Å². The molecule has 0 aliphatic carbocycles. The number of nitriles is 5. The van der Waals surface area contributed by atoms with Gasteiger partial charge in [-0.3, -0.25) is 0 Å². The van der Waals surface area contributed by atoms with Gasteiger partial charge in [-0.25, -0.2) is 0 Å². The van der Waals surface area contributed by atoms with E-state index < -0.39 is 29.0 Å². The lowest BCUT2D eigenvalue weighted by molar-refractivity contribution is -0.142. The van der Waals surface area contributed by atoms with Crippen LogP contribution in [0, 0.1) is 56.7 Å². The lowest BCUT2D eigenvalue weighted by atomic mass is 9.90. The zero-order chi connectivity index (χ0) is 51.6. The van der Waals surface area contributed by atoms with Crippen molar-refractivity contribution in [2.45, 2.75) is 12.4 Å². The maximum atomic E-state index is 15.0. The Morgan fingerprint density at radius 2 is 0.824 bits per heavy atom. The van der Waals surface area contributed by atoms with E-state index in [0.29, 0.717) is 89.6 Å². The Bertz CT molecular complexity index is 4360. The summed E-state index contributed by atoms with van der Waals surface area (Å²) in [5.41, 5.74) is 4.60. The van der Waals surface area contributed by atoms with Crippen LogP contribution in [0.25, 0.3) is 99.5 Å². The molecule has 0 spiro atoms. The lowest BCUT2D eigenvalue weighted by Crippen LogP contribution is -2.12. The Morgan fingerprint density at radius 3 is 1.31 bits per heavy atom. The van der Waals surface area contributed by atoms with E-state index in [2.05, 4.69) is 30.3 Å². The highest BCUT2D eigenvalue weighted by Gasteiger charge is 2.39. The zero-order valence-electron chi connectivity index (χ0n) is 38.1. The van der Waals surface area contributed by atoms with E-state index >= 15 is 13.2 Å². The van der Waals surface area contributed by atoms with E-state index in [4.69, 9.17) is 0 Å². The largest absolute Gasteiger partial charge is 0.417 e. The van der Waals surface area contributed by atoms with Crippen molar-refractivity contribution in [1.29, 1.82) is 26.3 Å². The monoisotopic (exact) mass is 973 g/mol. The van der Waals surface area contributed by atoms with Gasteiger partial charge in [-0.1, -0.05) is 66.7 Å². The summed E-state index contributed by atoms with van der Waals surface area (Å²) in [6.45, 7) is 0. The summed E-state index contributed by atoms with van der Waals surface area (Å²) in [6.07, 6.45) is -10.3. The average molecular weight is 974 g/mol. The van der Waals surface area contributed by atoms with E-state index in [1.165, 1.54) is 24.3 Å². The summed E-state index contributed by atoms with van der Waals surface area (Å²) in [7, 11) is 0. The van der Waals surface area contributed by atoms with Gasteiger partial charge in [0.15, 0.2) is 0 Å². The normalized spacial score (nSPS) is 11.6. The second-order valence-electron chi connectivity index (χ2n) is 17.5. The fraction of sp³-hybridized carbons (Fsp3) is 0.0328. The fourth-order valence-corrected chi connectivity index (χ4v) is 10.1. The van der Waals surface area contributed by atoms with Gasteiger partial charge < -0.3 is 9.13 Å². The molecule has 0 unspecified atom stereocenters. The fourth-order valence-electron chi connectivity index (χ4n) is 10.1. The molecule has 13 heteroatoms. The van der Waals surface area contributed by atoms with Crippen LogP contribution in [0.5, 0.6) is 0 Å². The smallest absolute Gasteiger partial charge is 0.309 e. The topological polar surface area (TPSA) is 129 Å². The Hall–Kier alpha value is -10.4. The Kier molecular flexibility index (Phi) is 10.9. The number of hydrogen-bond donors (Lipinski definition) is 0. The first-order valence-corrected chi connectivity index (χ1v) is 22.7. The Balaban J connectivity index is 1.23. The molecule has 0 fully saturated rings. The van der Waals surface area contributed by atoms with Gasteiger partial charge in [0.05, 0.1) is 103 Å². The highest BCUT2D eigenvalue weighted by molar-refractivity contribution is 6.13. The molecule has 350 valence electrons. The number of benzene rings is 9. The van der Waals surface area contributed by atoms with Gasteiger partial charge in [-0.05, 0) is 143 Å². The number of aromatic nitrogens is 2. The third kappa shape index (κ3) is 7.69. The third-order valence-electron chi connectivity index (χ3n) is 13.3. The molecule has 0 amide bonds. The van der Waals surface area contributed by atoms with Crippen LogP contribution in [0.15, 0.2) is 176 Å². The molecule has 0 saturated heterocycles. The van der Waals surface area contributed by atoms with Crippen LogP contribution < -0.4 is 0 Å². The molecule has 0 N–H and O–H groups in total. The molecule has 9 aromatic carbocycles. The summed E-state index contributed by atoms with van der Waals surface area (Å²) in [5.74, 6) is 0. The summed E-state index contributed by atoms with van der Waals surface area (Å²) >= 11 is 0. The molecule has 0 aliphatic heterocycles. The van der Waals surface area contributed by atoms with Crippen LogP contribution in [-0.2, 0) is 12.4 Å². The predicted octanol–water partition coefficient (Wildman–Crippen LogP) is 15.9. The maximum absolute atomic E-state index is 15.0. The van der Waals surface area contributed by atoms with Gasteiger partial charge in [0.2, 0.25) is 0 Å². The first kappa shape index (κ1) is 46.0. The van der Waals surface area contributed by atoms with Crippen molar-refractivity contribution >= 4 is 43.6 Å². The van der Waals surface area contributed by atoms with Crippen molar-refractivity contribution in [2.24, 2.45) is 0 Å². The van der Waals surface area contributed by atoms with Gasteiger partial charge in [0.1, 0.15) is 0 Å². The van der Waals surface area contributed by atoms with Crippen molar-refractivity contribution in [2.75, 3.05) is 0 Å². The summed E-state index contributed by atoms with van der Waals surface area (Å²) in [6, 6.07) is 58.0.